The van der Waals surface area contributed by atoms with Crippen molar-refractivity contribution in [3.05, 3.63) is 83.0 Å². The molecule has 0 unspecified atom stereocenters. The first-order chi connectivity index (χ1) is 13.0. The Kier molecular flexibility index (Phi) is 4.47. The zero-order valence-electron chi connectivity index (χ0n) is 13.6. The van der Waals surface area contributed by atoms with Gasteiger partial charge < -0.3 is 0 Å². The van der Waals surface area contributed by atoms with Crippen molar-refractivity contribution in [2.75, 3.05) is 0 Å². The second-order valence-electron chi connectivity index (χ2n) is 5.62. The standard InChI is InChI=1S/C18H10Cl2FN5O/c19-12-3-11(4-14(21)5-12)17-7-16(18(27)25-2-1-22-10-25)24-26(17)15-6-13(20)8-23-9-15/h1-10H. The van der Waals surface area contributed by atoms with Gasteiger partial charge in [-0.3, -0.25) is 14.3 Å². The van der Waals surface area contributed by atoms with Crippen LogP contribution >= 0.6 is 23.2 Å². The highest BCUT2D eigenvalue weighted by molar-refractivity contribution is 6.31. The summed E-state index contributed by atoms with van der Waals surface area (Å²) in [6.45, 7) is 0. The first kappa shape index (κ1) is 17.4. The van der Waals surface area contributed by atoms with E-state index in [0.717, 1.165) is 0 Å². The van der Waals surface area contributed by atoms with Crippen molar-refractivity contribution in [3.63, 3.8) is 0 Å². The molecule has 27 heavy (non-hydrogen) atoms. The van der Waals surface area contributed by atoms with Crippen LogP contribution in [0.2, 0.25) is 10.0 Å². The Labute approximate surface area is 162 Å². The van der Waals surface area contributed by atoms with Gasteiger partial charge in [-0.05, 0) is 30.3 Å². The predicted octanol–water partition coefficient (Wildman–Crippen LogP) is 4.27. The first-order valence-electron chi connectivity index (χ1n) is 7.71. The van der Waals surface area contributed by atoms with Crippen LogP contribution in [0.3, 0.4) is 0 Å². The third-order valence-electron chi connectivity index (χ3n) is 3.76. The number of rotatable bonds is 3. The van der Waals surface area contributed by atoms with Crippen molar-refractivity contribution < 1.29 is 9.18 Å². The fraction of sp³-hybridized carbons (Fsp3) is 0. The van der Waals surface area contributed by atoms with Crippen molar-refractivity contribution in [1.82, 2.24) is 24.3 Å². The van der Waals surface area contributed by atoms with Gasteiger partial charge in [0.2, 0.25) is 0 Å². The van der Waals surface area contributed by atoms with Gasteiger partial charge >= 0.3 is 0 Å². The smallest absolute Gasteiger partial charge is 0.271 e. The Morgan fingerprint density at radius 2 is 1.85 bits per heavy atom. The number of hydrogen-bond acceptors (Lipinski definition) is 4. The van der Waals surface area contributed by atoms with E-state index < -0.39 is 5.82 Å². The van der Waals surface area contributed by atoms with E-state index in [1.54, 1.807) is 18.2 Å². The molecule has 0 aliphatic rings. The molecule has 4 aromatic rings. The average molecular weight is 402 g/mol. The molecular weight excluding hydrogens is 392 g/mol. The van der Waals surface area contributed by atoms with Gasteiger partial charge in [-0.1, -0.05) is 23.2 Å². The maximum absolute atomic E-state index is 13.9. The summed E-state index contributed by atoms with van der Waals surface area (Å²) in [5.41, 5.74) is 1.58. The summed E-state index contributed by atoms with van der Waals surface area (Å²) < 4.78 is 16.6. The molecule has 0 radical (unpaired) electrons. The van der Waals surface area contributed by atoms with Gasteiger partial charge in [0.25, 0.3) is 5.91 Å². The minimum absolute atomic E-state index is 0.142. The lowest BCUT2D eigenvalue weighted by molar-refractivity contribution is 0.0954. The number of halogens is 3. The average Bonchev–Trinajstić information content (AvgIpc) is 3.30. The van der Waals surface area contributed by atoms with Crippen molar-refractivity contribution in [1.29, 1.82) is 0 Å². The molecule has 134 valence electrons. The largest absolute Gasteiger partial charge is 0.283 e. The Hall–Kier alpha value is -3.03. The van der Waals surface area contributed by atoms with E-state index in [1.807, 2.05) is 0 Å². The van der Waals surface area contributed by atoms with Crippen LogP contribution in [0.5, 0.6) is 0 Å². The van der Waals surface area contributed by atoms with Gasteiger partial charge in [0, 0.05) is 29.2 Å². The molecule has 0 aliphatic heterocycles. The summed E-state index contributed by atoms with van der Waals surface area (Å²) >= 11 is 12.0. The lowest BCUT2D eigenvalue weighted by Gasteiger charge is -2.08. The maximum atomic E-state index is 13.9. The van der Waals surface area contributed by atoms with Crippen LogP contribution in [0.4, 0.5) is 4.39 Å². The Morgan fingerprint density at radius 3 is 2.56 bits per heavy atom. The van der Waals surface area contributed by atoms with E-state index in [1.165, 1.54) is 52.5 Å². The molecule has 0 atom stereocenters. The minimum Gasteiger partial charge on any atom is -0.271 e. The van der Waals surface area contributed by atoms with Crippen LogP contribution in [0.25, 0.3) is 16.9 Å². The van der Waals surface area contributed by atoms with E-state index in [2.05, 4.69) is 15.1 Å². The van der Waals surface area contributed by atoms with Crippen LogP contribution in [-0.2, 0) is 0 Å². The molecule has 4 rings (SSSR count). The van der Waals surface area contributed by atoms with Gasteiger partial charge in [0.1, 0.15) is 12.1 Å². The molecule has 1 aromatic carbocycles. The number of carbonyl (C=O) groups is 1. The second-order valence-corrected chi connectivity index (χ2v) is 6.49. The van der Waals surface area contributed by atoms with E-state index >= 15 is 0 Å². The molecule has 3 aromatic heterocycles. The minimum atomic E-state index is -0.503. The predicted molar refractivity (Wildman–Crippen MR) is 98.7 cm³/mol. The monoisotopic (exact) mass is 401 g/mol. The van der Waals surface area contributed by atoms with Gasteiger partial charge in [0.05, 0.1) is 22.6 Å². The number of pyridine rings is 1. The number of benzene rings is 1. The highest BCUT2D eigenvalue weighted by Crippen LogP contribution is 2.28. The molecule has 0 fully saturated rings. The van der Waals surface area contributed by atoms with Crippen LogP contribution in [0.1, 0.15) is 10.5 Å². The quantitative estimate of drug-likeness (QED) is 0.514. The zero-order chi connectivity index (χ0) is 19.0. The first-order valence-corrected chi connectivity index (χ1v) is 8.47. The fourth-order valence-electron chi connectivity index (χ4n) is 2.62. The van der Waals surface area contributed by atoms with Gasteiger partial charge in [-0.25, -0.2) is 14.1 Å². The molecule has 0 aliphatic carbocycles. The van der Waals surface area contributed by atoms with Crippen LogP contribution in [-0.4, -0.2) is 30.2 Å². The summed E-state index contributed by atoms with van der Waals surface area (Å²) in [7, 11) is 0. The Morgan fingerprint density at radius 1 is 1.00 bits per heavy atom. The number of carbonyl (C=O) groups excluding carboxylic acids is 1. The van der Waals surface area contributed by atoms with Gasteiger partial charge in [-0.2, -0.15) is 5.10 Å². The number of hydrogen-bond donors (Lipinski definition) is 0. The number of imidazole rings is 1. The zero-order valence-corrected chi connectivity index (χ0v) is 15.1. The third kappa shape index (κ3) is 3.47. The highest BCUT2D eigenvalue weighted by atomic mass is 35.5. The van der Waals surface area contributed by atoms with Crippen molar-refractivity contribution in [2.24, 2.45) is 0 Å². The molecule has 0 spiro atoms. The molecular formula is C18H10Cl2FN5O. The molecule has 0 bridgehead atoms. The van der Waals surface area contributed by atoms with Crippen LogP contribution in [0, 0.1) is 5.82 Å². The van der Waals surface area contributed by atoms with Crippen LogP contribution < -0.4 is 0 Å². The summed E-state index contributed by atoms with van der Waals surface area (Å²) in [5.74, 6) is -0.887. The number of aromatic nitrogens is 5. The molecule has 3 heterocycles. The molecule has 6 nitrogen and oxygen atoms in total. The second kappa shape index (κ2) is 6.94. The SMILES string of the molecule is O=C(c1cc(-c2cc(F)cc(Cl)c2)n(-c2cncc(Cl)c2)n1)n1ccnc1. The van der Waals surface area contributed by atoms with E-state index in [4.69, 9.17) is 23.2 Å². The Bertz CT molecular complexity index is 1120. The van der Waals surface area contributed by atoms with Crippen molar-refractivity contribution in [2.45, 2.75) is 0 Å². The van der Waals surface area contributed by atoms with Crippen molar-refractivity contribution >= 4 is 29.1 Å². The summed E-state index contributed by atoms with van der Waals surface area (Å²) in [4.78, 5) is 20.5. The summed E-state index contributed by atoms with van der Waals surface area (Å²) in [6, 6.07) is 7.28. The van der Waals surface area contributed by atoms with E-state index in [-0.39, 0.29) is 16.6 Å². The molecule has 9 heteroatoms. The highest BCUT2D eigenvalue weighted by Gasteiger charge is 2.19. The van der Waals surface area contributed by atoms with E-state index in [0.29, 0.717) is 22.0 Å². The molecule has 0 saturated carbocycles. The fourth-order valence-corrected chi connectivity index (χ4v) is 3.01. The molecule has 0 saturated heterocycles. The van der Waals surface area contributed by atoms with E-state index in [9.17, 15) is 9.18 Å². The lowest BCUT2D eigenvalue weighted by atomic mass is 10.1. The lowest BCUT2D eigenvalue weighted by Crippen LogP contribution is -2.11. The Balaban J connectivity index is 1.91. The number of nitrogens with zero attached hydrogens (tertiary/aromatic N) is 5. The normalized spacial score (nSPS) is 10.9. The van der Waals surface area contributed by atoms with Crippen LogP contribution in [0.15, 0.2) is 61.4 Å². The van der Waals surface area contributed by atoms with Crippen molar-refractivity contribution in [3.8, 4) is 16.9 Å². The van der Waals surface area contributed by atoms with Gasteiger partial charge in [0.15, 0.2) is 5.69 Å². The van der Waals surface area contributed by atoms with Gasteiger partial charge in [-0.15, -0.1) is 0 Å². The topological polar surface area (TPSA) is 65.6 Å². The molecule has 0 N–H and O–H groups in total. The third-order valence-corrected chi connectivity index (χ3v) is 4.19. The molecule has 0 amide bonds. The maximum Gasteiger partial charge on any atom is 0.283 e. The summed E-state index contributed by atoms with van der Waals surface area (Å²) in [5, 5.41) is 4.99. The summed E-state index contributed by atoms with van der Waals surface area (Å²) in [6.07, 6.45) is 7.39.